The second-order valence-electron chi connectivity index (χ2n) is 4.87. The Morgan fingerprint density at radius 2 is 2.21 bits per heavy atom. The van der Waals surface area contributed by atoms with Crippen LogP contribution < -0.4 is 5.32 Å². The molecule has 2 N–H and O–H groups in total. The van der Waals surface area contributed by atoms with Crippen LogP contribution >= 0.6 is 0 Å². The van der Waals surface area contributed by atoms with Gasteiger partial charge in [-0.15, -0.1) is 0 Å². The molecule has 0 spiro atoms. The second-order valence-corrected chi connectivity index (χ2v) is 4.87. The Bertz CT molecular complexity index is 407. The lowest BCUT2D eigenvalue weighted by Crippen LogP contribution is -2.38. The third kappa shape index (κ3) is 3.33. The van der Waals surface area contributed by atoms with Crippen LogP contribution in [0.5, 0.6) is 0 Å². The number of carbonyl (C=O) groups is 1. The topological polar surface area (TPSA) is 58.6 Å². The lowest BCUT2D eigenvalue weighted by atomic mass is 9.97. The summed E-state index contributed by atoms with van der Waals surface area (Å²) in [5.74, 6) is -0.116. The molecule has 1 amide bonds. The summed E-state index contributed by atoms with van der Waals surface area (Å²) in [5, 5.41) is 12.4. The lowest BCUT2D eigenvalue weighted by molar-refractivity contribution is -0.127. The van der Waals surface area contributed by atoms with E-state index < -0.39 is 0 Å². The third-order valence-electron chi connectivity index (χ3n) is 3.65. The normalized spacial score (nSPS) is 24.1. The van der Waals surface area contributed by atoms with Gasteiger partial charge < -0.3 is 15.2 Å². The van der Waals surface area contributed by atoms with Crippen molar-refractivity contribution in [2.75, 3.05) is 13.2 Å². The molecule has 4 heteroatoms. The summed E-state index contributed by atoms with van der Waals surface area (Å²) in [6.45, 7) is 2.57. The standard InChI is InChI=1S/C15H21NO3/c1-2-14-12(8-9-19-14)15(18)16-13(10-17)11-6-4-3-5-7-11/h3-7,12-14,17H,2,8-10H2,1H3,(H,16,18)/t12?,13-,14?/m1/s1. The summed E-state index contributed by atoms with van der Waals surface area (Å²) in [6, 6.07) is 9.19. The van der Waals surface area contributed by atoms with E-state index in [0.717, 1.165) is 18.4 Å². The average molecular weight is 263 g/mol. The fourth-order valence-electron chi connectivity index (χ4n) is 2.55. The molecule has 0 bridgehead atoms. The van der Waals surface area contributed by atoms with Crippen LogP contribution in [0.3, 0.4) is 0 Å². The quantitative estimate of drug-likeness (QED) is 0.849. The number of rotatable bonds is 5. The van der Waals surface area contributed by atoms with Crippen molar-refractivity contribution in [3.05, 3.63) is 35.9 Å². The number of amides is 1. The van der Waals surface area contributed by atoms with Gasteiger partial charge in [-0.3, -0.25) is 4.79 Å². The number of nitrogens with one attached hydrogen (secondary N) is 1. The van der Waals surface area contributed by atoms with Gasteiger partial charge in [-0.25, -0.2) is 0 Å². The fourth-order valence-corrected chi connectivity index (χ4v) is 2.55. The highest BCUT2D eigenvalue weighted by molar-refractivity contribution is 5.80. The first-order valence-corrected chi connectivity index (χ1v) is 6.84. The first-order valence-electron chi connectivity index (χ1n) is 6.84. The molecule has 0 saturated carbocycles. The average Bonchev–Trinajstić information content (AvgIpc) is 2.94. The van der Waals surface area contributed by atoms with Crippen LogP contribution in [-0.2, 0) is 9.53 Å². The van der Waals surface area contributed by atoms with E-state index in [-0.39, 0.29) is 30.6 Å². The molecule has 4 nitrogen and oxygen atoms in total. The molecule has 2 rings (SSSR count). The van der Waals surface area contributed by atoms with Gasteiger partial charge in [-0.05, 0) is 18.4 Å². The molecule has 0 aromatic heterocycles. The van der Waals surface area contributed by atoms with E-state index >= 15 is 0 Å². The smallest absolute Gasteiger partial charge is 0.226 e. The molecular formula is C15H21NO3. The Morgan fingerprint density at radius 3 is 2.84 bits per heavy atom. The van der Waals surface area contributed by atoms with E-state index in [9.17, 15) is 9.90 Å². The molecule has 1 fully saturated rings. The van der Waals surface area contributed by atoms with Crippen LogP contribution in [0.25, 0.3) is 0 Å². The number of aliphatic hydroxyl groups is 1. The maximum Gasteiger partial charge on any atom is 0.226 e. The number of ether oxygens (including phenoxy) is 1. The Balaban J connectivity index is 2.00. The Morgan fingerprint density at radius 1 is 1.47 bits per heavy atom. The van der Waals surface area contributed by atoms with Crippen molar-refractivity contribution in [3.8, 4) is 0 Å². The fraction of sp³-hybridized carbons (Fsp3) is 0.533. The molecule has 2 unspecified atom stereocenters. The minimum atomic E-state index is -0.341. The molecule has 3 atom stereocenters. The highest BCUT2D eigenvalue weighted by Gasteiger charge is 2.33. The van der Waals surface area contributed by atoms with Gasteiger partial charge in [0.2, 0.25) is 5.91 Å². The maximum absolute atomic E-state index is 12.3. The van der Waals surface area contributed by atoms with Crippen LogP contribution in [0.4, 0.5) is 0 Å². The highest BCUT2D eigenvalue weighted by atomic mass is 16.5. The highest BCUT2D eigenvalue weighted by Crippen LogP contribution is 2.24. The predicted molar refractivity (Wildman–Crippen MR) is 72.5 cm³/mol. The van der Waals surface area contributed by atoms with Crippen LogP contribution in [0.15, 0.2) is 30.3 Å². The number of carbonyl (C=O) groups excluding carboxylic acids is 1. The minimum absolute atomic E-state index is 0.00937. The second kappa shape index (κ2) is 6.68. The number of hydrogen-bond donors (Lipinski definition) is 2. The number of benzene rings is 1. The third-order valence-corrected chi connectivity index (χ3v) is 3.65. The summed E-state index contributed by atoms with van der Waals surface area (Å²) in [5.41, 5.74) is 0.922. The molecule has 19 heavy (non-hydrogen) atoms. The van der Waals surface area contributed by atoms with Crippen molar-refractivity contribution < 1.29 is 14.6 Å². The van der Waals surface area contributed by atoms with Gasteiger partial charge in [0.1, 0.15) is 0 Å². The van der Waals surface area contributed by atoms with E-state index in [1.54, 1.807) is 0 Å². The van der Waals surface area contributed by atoms with Gasteiger partial charge in [0.15, 0.2) is 0 Å². The summed E-state index contributed by atoms with van der Waals surface area (Å²) < 4.78 is 5.53. The van der Waals surface area contributed by atoms with Gasteiger partial charge in [0, 0.05) is 6.61 Å². The van der Waals surface area contributed by atoms with Crippen molar-refractivity contribution in [1.82, 2.24) is 5.32 Å². The molecule has 1 saturated heterocycles. The summed E-state index contributed by atoms with van der Waals surface area (Å²) in [4.78, 5) is 12.3. The Kier molecular flexibility index (Phi) is 4.93. The molecule has 0 radical (unpaired) electrons. The van der Waals surface area contributed by atoms with Crippen molar-refractivity contribution in [1.29, 1.82) is 0 Å². The zero-order chi connectivity index (χ0) is 13.7. The molecule has 1 heterocycles. The zero-order valence-corrected chi connectivity index (χ0v) is 11.2. The van der Waals surface area contributed by atoms with Gasteiger partial charge in [-0.2, -0.15) is 0 Å². The minimum Gasteiger partial charge on any atom is -0.394 e. The lowest BCUT2D eigenvalue weighted by Gasteiger charge is -2.21. The van der Waals surface area contributed by atoms with E-state index in [1.807, 2.05) is 37.3 Å². The van der Waals surface area contributed by atoms with E-state index in [2.05, 4.69) is 5.32 Å². The van der Waals surface area contributed by atoms with Crippen molar-refractivity contribution in [2.45, 2.75) is 31.9 Å². The van der Waals surface area contributed by atoms with E-state index in [0.29, 0.717) is 6.61 Å². The van der Waals surface area contributed by atoms with Crippen molar-refractivity contribution in [2.24, 2.45) is 5.92 Å². The molecule has 104 valence electrons. The van der Waals surface area contributed by atoms with Crippen LogP contribution in [0, 0.1) is 5.92 Å². The van der Waals surface area contributed by atoms with Crippen LogP contribution in [0.1, 0.15) is 31.4 Å². The Labute approximate surface area is 113 Å². The zero-order valence-electron chi connectivity index (χ0n) is 11.2. The SMILES string of the molecule is CCC1OCCC1C(=O)N[C@H](CO)c1ccccc1. The predicted octanol–water partition coefficient (Wildman–Crippen LogP) is 1.65. The Hall–Kier alpha value is -1.39. The number of hydrogen-bond acceptors (Lipinski definition) is 3. The first-order chi connectivity index (χ1) is 9.26. The van der Waals surface area contributed by atoms with E-state index in [4.69, 9.17) is 4.74 Å². The van der Waals surface area contributed by atoms with Gasteiger partial charge >= 0.3 is 0 Å². The summed E-state index contributed by atoms with van der Waals surface area (Å²) in [7, 11) is 0. The van der Waals surface area contributed by atoms with Gasteiger partial charge in [0.05, 0.1) is 24.7 Å². The molecular weight excluding hydrogens is 242 g/mol. The molecule has 1 aromatic rings. The summed E-state index contributed by atoms with van der Waals surface area (Å²) >= 11 is 0. The van der Waals surface area contributed by atoms with Crippen molar-refractivity contribution in [3.63, 3.8) is 0 Å². The molecule has 0 aliphatic carbocycles. The largest absolute Gasteiger partial charge is 0.394 e. The first kappa shape index (κ1) is 14.0. The van der Waals surface area contributed by atoms with Gasteiger partial charge in [-0.1, -0.05) is 37.3 Å². The van der Waals surface area contributed by atoms with Crippen molar-refractivity contribution >= 4 is 5.91 Å². The number of aliphatic hydroxyl groups excluding tert-OH is 1. The van der Waals surface area contributed by atoms with Crippen LogP contribution in [-0.4, -0.2) is 30.3 Å². The summed E-state index contributed by atoms with van der Waals surface area (Å²) in [6.07, 6.45) is 1.61. The molecule has 1 aromatic carbocycles. The van der Waals surface area contributed by atoms with Crippen LogP contribution in [0.2, 0.25) is 0 Å². The monoisotopic (exact) mass is 263 g/mol. The van der Waals surface area contributed by atoms with Gasteiger partial charge in [0.25, 0.3) is 0 Å². The maximum atomic E-state index is 12.3. The molecule has 1 aliphatic heterocycles. The molecule has 1 aliphatic rings. The van der Waals surface area contributed by atoms with E-state index in [1.165, 1.54) is 0 Å².